The first kappa shape index (κ1) is 13.7. The molecule has 0 amide bonds. The molecule has 1 aromatic carbocycles. The highest BCUT2D eigenvalue weighted by Gasteiger charge is 2.39. The Kier molecular flexibility index (Phi) is 3.85. The topological polar surface area (TPSA) is 32.7 Å². The van der Waals surface area contributed by atoms with Crippen molar-refractivity contribution in [3.8, 4) is 5.75 Å². The average Bonchev–Trinajstić information content (AvgIpc) is 2.52. The molecule has 2 atom stereocenters. The van der Waals surface area contributed by atoms with E-state index in [1.165, 1.54) is 0 Å². The van der Waals surface area contributed by atoms with E-state index >= 15 is 0 Å². The lowest BCUT2D eigenvalue weighted by molar-refractivity contribution is 0.0515. The van der Waals surface area contributed by atoms with E-state index in [4.69, 9.17) is 16.3 Å². The number of β-amino-alcohol motifs (C(OH)–C–C–N with tert-alkyl or cyclic N) is 1. The van der Waals surface area contributed by atoms with Crippen molar-refractivity contribution in [1.82, 2.24) is 4.90 Å². The van der Waals surface area contributed by atoms with Gasteiger partial charge in [0.1, 0.15) is 5.75 Å². The maximum atomic E-state index is 10.7. The number of benzene rings is 1. The van der Waals surface area contributed by atoms with Crippen molar-refractivity contribution in [2.45, 2.75) is 31.4 Å². The van der Waals surface area contributed by atoms with E-state index in [-0.39, 0.29) is 0 Å². The number of aliphatic hydroxyl groups is 1. The summed E-state index contributed by atoms with van der Waals surface area (Å²) in [5, 5.41) is 11.3. The Morgan fingerprint density at radius 1 is 1.56 bits per heavy atom. The number of likely N-dealkylation sites (N-methyl/N-ethyl adjacent to an activating group) is 1. The van der Waals surface area contributed by atoms with Crippen LogP contribution in [0, 0.1) is 0 Å². The zero-order chi connectivity index (χ0) is 13.3. The highest BCUT2D eigenvalue weighted by atomic mass is 35.5. The van der Waals surface area contributed by atoms with E-state index in [9.17, 15) is 5.11 Å². The number of hydrogen-bond acceptors (Lipinski definition) is 3. The molecule has 3 nitrogen and oxygen atoms in total. The Labute approximate surface area is 113 Å². The Morgan fingerprint density at radius 2 is 2.28 bits per heavy atom. The number of ether oxygens (including phenoxy) is 1. The van der Waals surface area contributed by atoms with Crippen LogP contribution in [0.3, 0.4) is 0 Å². The smallest absolute Gasteiger partial charge is 0.122 e. The fourth-order valence-corrected chi connectivity index (χ4v) is 2.95. The van der Waals surface area contributed by atoms with E-state index in [1.807, 2.05) is 19.2 Å². The lowest BCUT2D eigenvalue weighted by Crippen LogP contribution is -2.34. The molecule has 18 heavy (non-hydrogen) atoms. The van der Waals surface area contributed by atoms with Gasteiger partial charge in [-0.25, -0.2) is 0 Å². The molecule has 1 saturated heterocycles. The minimum atomic E-state index is -0.688. The van der Waals surface area contributed by atoms with Crippen LogP contribution in [0.2, 0.25) is 5.02 Å². The van der Waals surface area contributed by atoms with Gasteiger partial charge in [0.25, 0.3) is 0 Å². The summed E-state index contributed by atoms with van der Waals surface area (Å²) in [5.41, 5.74) is 0.279. The summed E-state index contributed by atoms with van der Waals surface area (Å²) in [6.45, 7) is 2.82. The number of rotatable bonds is 3. The molecule has 0 bridgehead atoms. The van der Waals surface area contributed by atoms with Crippen LogP contribution in [0.5, 0.6) is 5.75 Å². The number of likely N-dealkylation sites (tertiary alicyclic amines) is 1. The Morgan fingerprint density at radius 3 is 2.83 bits per heavy atom. The maximum Gasteiger partial charge on any atom is 0.122 e. The highest BCUT2D eigenvalue weighted by molar-refractivity contribution is 6.30. The molecular weight excluding hydrogens is 250 g/mol. The van der Waals surface area contributed by atoms with Crippen LogP contribution in [0.4, 0.5) is 0 Å². The van der Waals surface area contributed by atoms with E-state index in [1.54, 1.807) is 13.2 Å². The molecule has 1 aliphatic rings. The van der Waals surface area contributed by atoms with Crippen LogP contribution < -0.4 is 4.74 Å². The summed E-state index contributed by atoms with van der Waals surface area (Å²) in [6, 6.07) is 5.93. The van der Waals surface area contributed by atoms with Crippen LogP contribution in [0.15, 0.2) is 18.2 Å². The molecule has 0 aromatic heterocycles. The number of halogens is 1. The summed E-state index contributed by atoms with van der Waals surface area (Å²) in [4.78, 5) is 2.18. The van der Waals surface area contributed by atoms with Crippen molar-refractivity contribution in [3.63, 3.8) is 0 Å². The predicted molar refractivity (Wildman–Crippen MR) is 73.4 cm³/mol. The van der Waals surface area contributed by atoms with Gasteiger partial charge in [0.05, 0.1) is 12.7 Å². The molecule has 1 aliphatic heterocycles. The lowest BCUT2D eigenvalue weighted by atomic mass is 9.92. The summed E-state index contributed by atoms with van der Waals surface area (Å²) in [7, 11) is 3.68. The Balaban J connectivity index is 2.21. The third-order valence-electron chi connectivity index (χ3n) is 3.73. The summed E-state index contributed by atoms with van der Waals surface area (Å²) >= 11 is 6.01. The minimum absolute atomic E-state index is 0.403. The first-order valence-corrected chi connectivity index (χ1v) is 6.56. The quantitative estimate of drug-likeness (QED) is 0.914. The molecule has 1 fully saturated rings. The summed E-state index contributed by atoms with van der Waals surface area (Å²) in [5.74, 6) is 0.787. The molecule has 0 radical (unpaired) electrons. The molecular formula is C14H20ClNO2. The van der Waals surface area contributed by atoms with Gasteiger partial charge in [-0.15, -0.1) is 0 Å². The molecule has 4 heteroatoms. The second-order valence-electron chi connectivity index (χ2n) is 5.33. The van der Waals surface area contributed by atoms with E-state index in [0.717, 1.165) is 17.7 Å². The molecule has 2 unspecified atom stereocenters. The molecule has 1 aromatic rings. The standard InChI is InChI=1S/C14H20ClNO2/c1-10-7-14(17,9-16(10)2)8-11-6-12(15)4-5-13(11)18-3/h4-6,10,17H,7-9H2,1-3H3. The molecule has 2 rings (SSSR count). The van der Waals surface area contributed by atoms with Crippen molar-refractivity contribution in [2.24, 2.45) is 0 Å². The van der Waals surface area contributed by atoms with Gasteiger partial charge >= 0.3 is 0 Å². The Bertz CT molecular complexity index is 426. The SMILES string of the molecule is COc1ccc(Cl)cc1CC1(O)CC(C)N(C)C1. The molecule has 100 valence electrons. The molecule has 0 spiro atoms. The summed E-state index contributed by atoms with van der Waals surface area (Å²) < 4.78 is 5.33. The second kappa shape index (κ2) is 5.08. The van der Waals surface area contributed by atoms with E-state index in [2.05, 4.69) is 11.8 Å². The van der Waals surface area contributed by atoms with E-state index in [0.29, 0.717) is 24.0 Å². The van der Waals surface area contributed by atoms with Crippen LogP contribution in [0.1, 0.15) is 18.9 Å². The largest absolute Gasteiger partial charge is 0.496 e. The highest BCUT2D eigenvalue weighted by Crippen LogP contribution is 2.33. The summed E-state index contributed by atoms with van der Waals surface area (Å²) in [6.07, 6.45) is 1.35. The van der Waals surface area contributed by atoms with Gasteiger partial charge in [-0.05, 0) is 44.2 Å². The van der Waals surface area contributed by atoms with Crippen molar-refractivity contribution in [3.05, 3.63) is 28.8 Å². The van der Waals surface area contributed by atoms with Crippen molar-refractivity contribution in [1.29, 1.82) is 0 Å². The fraction of sp³-hybridized carbons (Fsp3) is 0.571. The normalized spacial score (nSPS) is 28.6. The van der Waals surface area contributed by atoms with Gasteiger partial charge in [-0.2, -0.15) is 0 Å². The zero-order valence-electron chi connectivity index (χ0n) is 11.1. The van der Waals surface area contributed by atoms with Crippen molar-refractivity contribution >= 4 is 11.6 Å². The minimum Gasteiger partial charge on any atom is -0.496 e. The van der Waals surface area contributed by atoms with Crippen LogP contribution in [-0.2, 0) is 6.42 Å². The molecule has 0 saturated carbocycles. The fourth-order valence-electron chi connectivity index (χ4n) is 2.76. The average molecular weight is 270 g/mol. The van der Waals surface area contributed by atoms with Crippen LogP contribution in [0.25, 0.3) is 0 Å². The third-order valence-corrected chi connectivity index (χ3v) is 3.97. The van der Waals surface area contributed by atoms with E-state index < -0.39 is 5.60 Å². The van der Waals surface area contributed by atoms with Gasteiger partial charge in [0.15, 0.2) is 0 Å². The zero-order valence-corrected chi connectivity index (χ0v) is 11.9. The number of nitrogens with zero attached hydrogens (tertiary/aromatic N) is 1. The monoisotopic (exact) mass is 269 g/mol. The second-order valence-corrected chi connectivity index (χ2v) is 5.76. The predicted octanol–water partition coefficient (Wildman–Crippen LogP) is 2.35. The van der Waals surface area contributed by atoms with Crippen LogP contribution >= 0.6 is 11.6 Å². The van der Waals surface area contributed by atoms with Gasteiger partial charge in [0, 0.05) is 24.0 Å². The third kappa shape index (κ3) is 2.79. The van der Waals surface area contributed by atoms with Gasteiger partial charge in [-0.1, -0.05) is 11.6 Å². The first-order chi connectivity index (χ1) is 8.43. The van der Waals surface area contributed by atoms with Gasteiger partial charge in [0.2, 0.25) is 0 Å². The van der Waals surface area contributed by atoms with Gasteiger partial charge in [-0.3, -0.25) is 0 Å². The molecule has 1 N–H and O–H groups in total. The van der Waals surface area contributed by atoms with Crippen molar-refractivity contribution < 1.29 is 9.84 Å². The van der Waals surface area contributed by atoms with Crippen LogP contribution in [-0.4, -0.2) is 42.4 Å². The van der Waals surface area contributed by atoms with Gasteiger partial charge < -0.3 is 14.7 Å². The molecule has 1 heterocycles. The Hall–Kier alpha value is -0.770. The number of methoxy groups -OCH3 is 1. The maximum absolute atomic E-state index is 10.7. The molecule has 0 aliphatic carbocycles. The first-order valence-electron chi connectivity index (χ1n) is 6.18. The number of hydrogen-bond donors (Lipinski definition) is 1. The lowest BCUT2D eigenvalue weighted by Gasteiger charge is -2.23. The van der Waals surface area contributed by atoms with Crippen molar-refractivity contribution in [2.75, 3.05) is 20.7 Å².